The Bertz CT molecular complexity index is 488. The quantitative estimate of drug-likeness (QED) is 0.746. The first-order valence-electron chi connectivity index (χ1n) is 5.24. The zero-order valence-electron chi connectivity index (χ0n) is 8.36. The molecule has 2 aromatic heterocycles. The number of aromatic nitrogens is 3. The highest BCUT2D eigenvalue weighted by Gasteiger charge is 2.24. The van der Waals surface area contributed by atoms with Crippen LogP contribution in [0.2, 0.25) is 0 Å². The Labute approximate surface area is 93.1 Å². The number of fused-ring (bicyclic) bond motifs is 1. The van der Waals surface area contributed by atoms with Gasteiger partial charge in [0, 0.05) is 12.7 Å². The fourth-order valence-electron chi connectivity index (χ4n) is 1.86. The van der Waals surface area contributed by atoms with Crippen molar-refractivity contribution in [2.45, 2.75) is 25.3 Å². The number of rotatable bonds is 3. The summed E-state index contributed by atoms with van der Waals surface area (Å²) in [5.41, 5.74) is 1.92. The van der Waals surface area contributed by atoms with Crippen LogP contribution in [0.1, 0.15) is 18.7 Å². The van der Waals surface area contributed by atoms with Crippen LogP contribution in [0.5, 0.6) is 0 Å². The Morgan fingerprint density at radius 2 is 2.33 bits per heavy atom. The van der Waals surface area contributed by atoms with Gasteiger partial charge in [-0.15, -0.1) is 11.6 Å². The topological polar surface area (TPSA) is 30.7 Å². The third-order valence-electron chi connectivity index (χ3n) is 2.84. The van der Waals surface area contributed by atoms with E-state index in [2.05, 4.69) is 14.5 Å². The molecule has 0 atom stereocenters. The largest absolute Gasteiger partial charge is 0.311 e. The van der Waals surface area contributed by atoms with Crippen LogP contribution < -0.4 is 0 Å². The van der Waals surface area contributed by atoms with Gasteiger partial charge in [-0.1, -0.05) is 0 Å². The summed E-state index contributed by atoms with van der Waals surface area (Å²) in [6, 6.07) is 3.90. The number of imidazole rings is 1. The standard InChI is InChI=1S/C11H12ClN3/c12-6-10-14-9-2-1-5-13-11(9)15(10)7-8-3-4-8/h1-2,5,8H,3-4,6-7H2. The number of hydrogen-bond acceptors (Lipinski definition) is 2. The first-order chi connectivity index (χ1) is 7.38. The van der Waals surface area contributed by atoms with Gasteiger partial charge in [0.2, 0.25) is 0 Å². The minimum absolute atomic E-state index is 0.461. The van der Waals surface area contributed by atoms with Gasteiger partial charge in [0.1, 0.15) is 11.3 Å². The summed E-state index contributed by atoms with van der Waals surface area (Å²) in [6.45, 7) is 1.02. The molecule has 0 saturated heterocycles. The zero-order valence-corrected chi connectivity index (χ0v) is 9.11. The highest BCUT2D eigenvalue weighted by Crippen LogP contribution is 2.32. The van der Waals surface area contributed by atoms with Gasteiger partial charge < -0.3 is 4.57 Å². The molecule has 0 aliphatic heterocycles. The van der Waals surface area contributed by atoms with Gasteiger partial charge in [0.15, 0.2) is 5.65 Å². The van der Waals surface area contributed by atoms with Crippen LogP contribution in [0.15, 0.2) is 18.3 Å². The van der Waals surface area contributed by atoms with Crippen molar-refractivity contribution in [2.75, 3.05) is 0 Å². The molecule has 0 unspecified atom stereocenters. The molecule has 0 aromatic carbocycles. The van der Waals surface area contributed by atoms with Crippen molar-refractivity contribution in [1.29, 1.82) is 0 Å². The molecule has 2 aromatic rings. The second kappa shape index (κ2) is 3.49. The van der Waals surface area contributed by atoms with Crippen molar-refractivity contribution in [1.82, 2.24) is 14.5 Å². The molecule has 3 rings (SSSR count). The van der Waals surface area contributed by atoms with E-state index in [4.69, 9.17) is 11.6 Å². The average molecular weight is 222 g/mol. The summed E-state index contributed by atoms with van der Waals surface area (Å²) >= 11 is 5.90. The molecule has 1 aliphatic carbocycles. The smallest absolute Gasteiger partial charge is 0.160 e. The molecule has 3 nitrogen and oxygen atoms in total. The van der Waals surface area contributed by atoms with Crippen LogP contribution in [-0.2, 0) is 12.4 Å². The highest BCUT2D eigenvalue weighted by molar-refractivity contribution is 6.16. The fourth-order valence-corrected chi connectivity index (χ4v) is 2.06. The first-order valence-corrected chi connectivity index (χ1v) is 5.78. The molecule has 1 fully saturated rings. The van der Waals surface area contributed by atoms with Crippen LogP contribution in [0.4, 0.5) is 0 Å². The maximum absolute atomic E-state index is 5.90. The predicted molar refractivity (Wildman–Crippen MR) is 59.8 cm³/mol. The second-order valence-electron chi connectivity index (χ2n) is 4.06. The van der Waals surface area contributed by atoms with Crippen molar-refractivity contribution in [3.63, 3.8) is 0 Å². The average Bonchev–Trinajstić information content (AvgIpc) is 3.01. The molecule has 0 radical (unpaired) electrons. The predicted octanol–water partition coefficient (Wildman–Crippen LogP) is 2.58. The SMILES string of the molecule is ClCc1nc2cccnc2n1CC1CC1. The summed E-state index contributed by atoms with van der Waals surface area (Å²) in [7, 11) is 0. The molecule has 0 bridgehead atoms. The Morgan fingerprint density at radius 3 is 3.07 bits per heavy atom. The van der Waals surface area contributed by atoms with E-state index in [-0.39, 0.29) is 0 Å². The summed E-state index contributed by atoms with van der Waals surface area (Å²) in [6.07, 6.45) is 4.47. The third kappa shape index (κ3) is 1.61. The molecular weight excluding hydrogens is 210 g/mol. The van der Waals surface area contributed by atoms with Gasteiger partial charge in [0.25, 0.3) is 0 Å². The fraction of sp³-hybridized carbons (Fsp3) is 0.455. The Balaban J connectivity index is 2.12. The zero-order chi connectivity index (χ0) is 10.3. The summed E-state index contributed by atoms with van der Waals surface area (Å²) in [5.74, 6) is 2.21. The summed E-state index contributed by atoms with van der Waals surface area (Å²) < 4.78 is 2.17. The number of nitrogens with zero attached hydrogens (tertiary/aromatic N) is 3. The molecule has 4 heteroatoms. The minimum atomic E-state index is 0.461. The lowest BCUT2D eigenvalue weighted by Crippen LogP contribution is -2.04. The van der Waals surface area contributed by atoms with E-state index in [0.717, 1.165) is 29.5 Å². The molecule has 2 heterocycles. The van der Waals surface area contributed by atoms with Crippen LogP contribution in [0, 0.1) is 5.92 Å². The molecule has 1 aliphatic rings. The summed E-state index contributed by atoms with van der Waals surface area (Å²) in [5, 5.41) is 0. The Hall–Kier alpha value is -1.09. The highest BCUT2D eigenvalue weighted by atomic mass is 35.5. The van der Waals surface area contributed by atoms with E-state index in [9.17, 15) is 0 Å². The molecule has 15 heavy (non-hydrogen) atoms. The molecule has 78 valence electrons. The minimum Gasteiger partial charge on any atom is -0.311 e. The van der Waals surface area contributed by atoms with E-state index in [1.54, 1.807) is 0 Å². The lowest BCUT2D eigenvalue weighted by atomic mass is 10.4. The van der Waals surface area contributed by atoms with Gasteiger partial charge >= 0.3 is 0 Å². The Morgan fingerprint density at radius 1 is 1.47 bits per heavy atom. The van der Waals surface area contributed by atoms with Crippen molar-refractivity contribution in [3.8, 4) is 0 Å². The van der Waals surface area contributed by atoms with Crippen molar-refractivity contribution in [2.24, 2.45) is 5.92 Å². The number of hydrogen-bond donors (Lipinski definition) is 0. The lowest BCUT2D eigenvalue weighted by Gasteiger charge is -2.04. The van der Waals surface area contributed by atoms with Crippen LogP contribution in [-0.4, -0.2) is 14.5 Å². The van der Waals surface area contributed by atoms with E-state index < -0.39 is 0 Å². The van der Waals surface area contributed by atoms with E-state index >= 15 is 0 Å². The molecule has 0 amide bonds. The van der Waals surface area contributed by atoms with E-state index in [1.165, 1.54) is 12.8 Å². The maximum atomic E-state index is 5.90. The third-order valence-corrected chi connectivity index (χ3v) is 3.08. The second-order valence-corrected chi connectivity index (χ2v) is 4.33. The number of halogens is 1. The van der Waals surface area contributed by atoms with Gasteiger partial charge in [0.05, 0.1) is 5.88 Å². The van der Waals surface area contributed by atoms with Gasteiger partial charge in [-0.3, -0.25) is 0 Å². The normalized spacial score (nSPS) is 16.1. The van der Waals surface area contributed by atoms with Gasteiger partial charge in [-0.05, 0) is 30.9 Å². The van der Waals surface area contributed by atoms with Crippen molar-refractivity contribution in [3.05, 3.63) is 24.2 Å². The Kier molecular flexibility index (Phi) is 2.13. The summed E-state index contributed by atoms with van der Waals surface area (Å²) in [4.78, 5) is 8.85. The van der Waals surface area contributed by atoms with Gasteiger partial charge in [-0.25, -0.2) is 9.97 Å². The monoisotopic (exact) mass is 221 g/mol. The molecular formula is C11H12ClN3. The number of alkyl halides is 1. The molecule has 0 N–H and O–H groups in total. The van der Waals surface area contributed by atoms with Crippen molar-refractivity contribution >= 4 is 22.8 Å². The number of pyridine rings is 1. The lowest BCUT2D eigenvalue weighted by molar-refractivity contribution is 0.619. The van der Waals surface area contributed by atoms with Crippen LogP contribution >= 0.6 is 11.6 Å². The first kappa shape index (κ1) is 9.16. The van der Waals surface area contributed by atoms with Crippen LogP contribution in [0.25, 0.3) is 11.2 Å². The van der Waals surface area contributed by atoms with E-state index in [0.29, 0.717) is 5.88 Å². The van der Waals surface area contributed by atoms with Crippen LogP contribution in [0.3, 0.4) is 0 Å². The van der Waals surface area contributed by atoms with Gasteiger partial charge in [-0.2, -0.15) is 0 Å². The van der Waals surface area contributed by atoms with Crippen molar-refractivity contribution < 1.29 is 0 Å². The van der Waals surface area contributed by atoms with E-state index in [1.807, 2.05) is 18.3 Å². The molecule has 0 spiro atoms. The maximum Gasteiger partial charge on any atom is 0.160 e. The molecule has 1 saturated carbocycles.